The molecule has 0 fully saturated rings. The molecule has 4 heteroatoms. The molecule has 0 aliphatic rings. The van der Waals surface area contributed by atoms with Gasteiger partial charge in [-0.2, -0.15) is 0 Å². The molecule has 1 aromatic heterocycles. The van der Waals surface area contributed by atoms with Crippen molar-refractivity contribution in [3.05, 3.63) is 23.0 Å². The quantitative estimate of drug-likeness (QED) is 0.837. The van der Waals surface area contributed by atoms with Gasteiger partial charge in [-0.1, -0.05) is 13.8 Å². The van der Waals surface area contributed by atoms with Gasteiger partial charge in [0.2, 0.25) is 5.91 Å². The summed E-state index contributed by atoms with van der Waals surface area (Å²) in [4.78, 5) is 19.2. The Balaban J connectivity index is 2.84. The third-order valence-electron chi connectivity index (χ3n) is 3.72. The standard InChI is InChI=1S/C17H29N3O/c1-7-9-20(10-8-2)15(6)17(21)19-16-12(3)11-13(4)18-14(16)5/h11,15H,7-10H2,1-6H3,(H,19,21)/t15-/m1/s1. The molecule has 1 atom stereocenters. The number of carbonyl (C=O) groups is 1. The van der Waals surface area contributed by atoms with Crippen LogP contribution < -0.4 is 5.32 Å². The second kappa shape index (κ2) is 8.13. The molecular formula is C17H29N3O. The number of carbonyl (C=O) groups excluding carboxylic acids is 1. The van der Waals surface area contributed by atoms with Gasteiger partial charge in [0.1, 0.15) is 0 Å². The Hall–Kier alpha value is -1.42. The van der Waals surface area contributed by atoms with Gasteiger partial charge in [-0.3, -0.25) is 14.7 Å². The third-order valence-corrected chi connectivity index (χ3v) is 3.72. The molecule has 4 nitrogen and oxygen atoms in total. The highest BCUT2D eigenvalue weighted by Gasteiger charge is 2.21. The Morgan fingerprint density at radius 2 is 1.81 bits per heavy atom. The topological polar surface area (TPSA) is 45.2 Å². The largest absolute Gasteiger partial charge is 0.323 e. The van der Waals surface area contributed by atoms with Gasteiger partial charge >= 0.3 is 0 Å². The Morgan fingerprint density at radius 1 is 1.24 bits per heavy atom. The number of aromatic nitrogens is 1. The summed E-state index contributed by atoms with van der Waals surface area (Å²) in [6.45, 7) is 14.1. The van der Waals surface area contributed by atoms with Crippen molar-refractivity contribution in [2.24, 2.45) is 0 Å². The van der Waals surface area contributed by atoms with Crippen LogP contribution in [0.1, 0.15) is 50.6 Å². The molecule has 0 aliphatic heterocycles. The number of hydrogen-bond donors (Lipinski definition) is 1. The van der Waals surface area contributed by atoms with Crippen molar-refractivity contribution in [1.29, 1.82) is 0 Å². The molecule has 1 N–H and O–H groups in total. The summed E-state index contributed by atoms with van der Waals surface area (Å²) in [7, 11) is 0. The van der Waals surface area contributed by atoms with E-state index in [9.17, 15) is 4.79 Å². The SMILES string of the molecule is CCCN(CCC)[C@H](C)C(=O)Nc1c(C)cc(C)nc1C. The molecule has 0 saturated heterocycles. The molecule has 0 unspecified atom stereocenters. The second-order valence-electron chi connectivity index (χ2n) is 5.74. The maximum atomic E-state index is 12.5. The van der Waals surface area contributed by atoms with E-state index in [2.05, 4.69) is 29.0 Å². The predicted octanol–water partition coefficient (Wildman–Crippen LogP) is 3.46. The van der Waals surface area contributed by atoms with Gasteiger partial charge < -0.3 is 5.32 Å². The molecule has 0 aliphatic carbocycles. The van der Waals surface area contributed by atoms with Crippen LogP contribution in [0.5, 0.6) is 0 Å². The zero-order chi connectivity index (χ0) is 16.0. The number of anilines is 1. The van der Waals surface area contributed by atoms with Crippen molar-refractivity contribution in [3.63, 3.8) is 0 Å². The van der Waals surface area contributed by atoms with Crippen LogP contribution in [0.25, 0.3) is 0 Å². The highest BCUT2D eigenvalue weighted by Crippen LogP contribution is 2.20. The number of aryl methyl sites for hydroxylation is 3. The number of nitrogens with one attached hydrogen (secondary N) is 1. The lowest BCUT2D eigenvalue weighted by atomic mass is 10.1. The maximum Gasteiger partial charge on any atom is 0.241 e. The van der Waals surface area contributed by atoms with Gasteiger partial charge in [0, 0.05) is 5.69 Å². The minimum Gasteiger partial charge on any atom is -0.323 e. The minimum atomic E-state index is -0.120. The molecule has 1 heterocycles. The Labute approximate surface area is 129 Å². The predicted molar refractivity (Wildman–Crippen MR) is 88.7 cm³/mol. The lowest BCUT2D eigenvalue weighted by Crippen LogP contribution is -2.43. The fourth-order valence-electron chi connectivity index (χ4n) is 2.68. The molecule has 118 valence electrons. The van der Waals surface area contributed by atoms with Crippen molar-refractivity contribution in [3.8, 4) is 0 Å². The first-order valence-electron chi connectivity index (χ1n) is 7.90. The highest BCUT2D eigenvalue weighted by molar-refractivity contribution is 5.95. The molecule has 0 aromatic carbocycles. The smallest absolute Gasteiger partial charge is 0.241 e. The lowest BCUT2D eigenvalue weighted by molar-refractivity contribution is -0.120. The van der Waals surface area contributed by atoms with E-state index in [1.807, 2.05) is 33.8 Å². The Bertz CT molecular complexity index is 456. The normalized spacial score (nSPS) is 12.5. The number of rotatable bonds is 7. The fourth-order valence-corrected chi connectivity index (χ4v) is 2.68. The fraction of sp³-hybridized carbons (Fsp3) is 0.647. The highest BCUT2D eigenvalue weighted by atomic mass is 16.2. The summed E-state index contributed by atoms with van der Waals surface area (Å²) < 4.78 is 0. The van der Waals surface area contributed by atoms with Gasteiger partial charge in [-0.15, -0.1) is 0 Å². The van der Waals surface area contributed by atoms with E-state index in [1.54, 1.807) is 0 Å². The van der Waals surface area contributed by atoms with E-state index in [0.717, 1.165) is 48.6 Å². The molecular weight excluding hydrogens is 262 g/mol. The second-order valence-corrected chi connectivity index (χ2v) is 5.74. The van der Waals surface area contributed by atoms with Crippen molar-refractivity contribution in [2.45, 2.75) is 60.4 Å². The summed E-state index contributed by atoms with van der Waals surface area (Å²) in [5.41, 5.74) is 3.78. The van der Waals surface area contributed by atoms with E-state index in [0.29, 0.717) is 0 Å². The van der Waals surface area contributed by atoms with Crippen molar-refractivity contribution in [2.75, 3.05) is 18.4 Å². The number of amides is 1. The van der Waals surface area contributed by atoms with Gasteiger partial charge in [0.05, 0.1) is 17.4 Å². The molecule has 0 spiro atoms. The van der Waals surface area contributed by atoms with Crippen LogP contribution >= 0.6 is 0 Å². The first-order valence-corrected chi connectivity index (χ1v) is 7.90. The van der Waals surface area contributed by atoms with E-state index < -0.39 is 0 Å². The zero-order valence-corrected chi connectivity index (χ0v) is 14.3. The lowest BCUT2D eigenvalue weighted by Gasteiger charge is -2.27. The Morgan fingerprint density at radius 3 is 2.29 bits per heavy atom. The minimum absolute atomic E-state index is 0.0498. The average Bonchev–Trinajstić information content (AvgIpc) is 2.41. The van der Waals surface area contributed by atoms with Crippen LogP contribution in [-0.2, 0) is 4.79 Å². The number of pyridine rings is 1. The number of hydrogen-bond acceptors (Lipinski definition) is 3. The maximum absolute atomic E-state index is 12.5. The van der Waals surface area contributed by atoms with Crippen LogP contribution in [0.4, 0.5) is 5.69 Å². The third kappa shape index (κ3) is 4.81. The van der Waals surface area contributed by atoms with Crippen molar-refractivity contribution >= 4 is 11.6 Å². The summed E-state index contributed by atoms with van der Waals surface area (Å²) in [5.74, 6) is 0.0498. The van der Waals surface area contributed by atoms with Gasteiger partial charge in [-0.25, -0.2) is 0 Å². The van der Waals surface area contributed by atoms with Crippen LogP contribution in [0.3, 0.4) is 0 Å². The van der Waals surface area contributed by atoms with E-state index >= 15 is 0 Å². The van der Waals surface area contributed by atoms with Crippen molar-refractivity contribution < 1.29 is 4.79 Å². The van der Waals surface area contributed by atoms with E-state index in [-0.39, 0.29) is 11.9 Å². The molecule has 0 radical (unpaired) electrons. The van der Waals surface area contributed by atoms with Gasteiger partial charge in [0.15, 0.2) is 0 Å². The van der Waals surface area contributed by atoms with Crippen LogP contribution in [0.2, 0.25) is 0 Å². The van der Waals surface area contributed by atoms with E-state index in [1.165, 1.54) is 0 Å². The van der Waals surface area contributed by atoms with Gasteiger partial charge in [-0.05, 0) is 65.3 Å². The molecule has 21 heavy (non-hydrogen) atoms. The Kier molecular flexibility index (Phi) is 6.82. The zero-order valence-electron chi connectivity index (χ0n) is 14.3. The first-order chi connectivity index (χ1) is 9.90. The molecule has 0 bridgehead atoms. The molecule has 0 saturated carbocycles. The summed E-state index contributed by atoms with van der Waals surface area (Å²) in [5, 5.41) is 3.06. The summed E-state index contributed by atoms with van der Waals surface area (Å²) in [6, 6.07) is 1.88. The molecule has 1 aromatic rings. The number of nitrogens with zero attached hydrogens (tertiary/aromatic N) is 2. The van der Waals surface area contributed by atoms with Crippen LogP contribution in [0, 0.1) is 20.8 Å². The van der Waals surface area contributed by atoms with Crippen LogP contribution in [-0.4, -0.2) is 34.9 Å². The molecule has 1 rings (SSSR count). The summed E-state index contributed by atoms with van der Waals surface area (Å²) >= 11 is 0. The first kappa shape index (κ1) is 17.6. The average molecular weight is 291 g/mol. The van der Waals surface area contributed by atoms with E-state index in [4.69, 9.17) is 0 Å². The monoisotopic (exact) mass is 291 g/mol. The summed E-state index contributed by atoms with van der Waals surface area (Å²) in [6.07, 6.45) is 2.11. The van der Waals surface area contributed by atoms with Gasteiger partial charge in [0.25, 0.3) is 0 Å². The van der Waals surface area contributed by atoms with Crippen molar-refractivity contribution in [1.82, 2.24) is 9.88 Å². The van der Waals surface area contributed by atoms with Crippen LogP contribution in [0.15, 0.2) is 6.07 Å². The molecule has 1 amide bonds.